The van der Waals surface area contributed by atoms with E-state index in [4.69, 9.17) is 9.47 Å². The third-order valence-corrected chi connectivity index (χ3v) is 2.77. The smallest absolute Gasteiger partial charge is 0.224 e. The minimum atomic E-state index is 0.228. The van der Waals surface area contributed by atoms with E-state index in [2.05, 4.69) is 5.32 Å². The first-order valence-electron chi connectivity index (χ1n) is 5.53. The number of nitrogens with zero attached hydrogens (tertiary/aromatic N) is 1. The molecule has 0 spiro atoms. The van der Waals surface area contributed by atoms with Gasteiger partial charge in [0.2, 0.25) is 5.91 Å². The van der Waals surface area contributed by atoms with Gasteiger partial charge in [0.05, 0.1) is 32.5 Å². The van der Waals surface area contributed by atoms with Crippen LogP contribution in [0.2, 0.25) is 0 Å². The predicted molar refractivity (Wildman–Crippen MR) is 54.6 cm³/mol. The molecule has 5 heteroatoms. The van der Waals surface area contributed by atoms with Crippen molar-refractivity contribution in [1.82, 2.24) is 10.2 Å². The second-order valence-electron chi connectivity index (χ2n) is 3.93. The van der Waals surface area contributed by atoms with Crippen molar-refractivity contribution >= 4 is 5.91 Å². The van der Waals surface area contributed by atoms with Gasteiger partial charge in [-0.15, -0.1) is 0 Å². The fraction of sp³-hybridized carbons (Fsp3) is 0.900. The van der Waals surface area contributed by atoms with E-state index in [1.165, 1.54) is 0 Å². The van der Waals surface area contributed by atoms with Crippen LogP contribution in [0.15, 0.2) is 0 Å². The third kappa shape index (κ3) is 3.15. The van der Waals surface area contributed by atoms with Crippen molar-refractivity contribution < 1.29 is 14.3 Å². The summed E-state index contributed by atoms with van der Waals surface area (Å²) in [5, 5.41) is 3.29. The molecule has 0 aliphatic carbocycles. The average Bonchev–Trinajstić information content (AvgIpc) is 2.23. The van der Waals surface area contributed by atoms with E-state index in [9.17, 15) is 4.79 Å². The maximum absolute atomic E-state index is 11.7. The summed E-state index contributed by atoms with van der Waals surface area (Å²) in [5.74, 6) is 0.228. The Morgan fingerprint density at radius 2 is 2.00 bits per heavy atom. The fourth-order valence-electron chi connectivity index (χ4n) is 1.71. The summed E-state index contributed by atoms with van der Waals surface area (Å²) in [6.45, 7) is 5.16. The van der Waals surface area contributed by atoms with Crippen LogP contribution in [0.3, 0.4) is 0 Å². The summed E-state index contributed by atoms with van der Waals surface area (Å²) in [5.41, 5.74) is 0. The van der Waals surface area contributed by atoms with E-state index < -0.39 is 0 Å². The monoisotopic (exact) mass is 214 g/mol. The number of morpholine rings is 1. The Balaban J connectivity index is 1.58. The van der Waals surface area contributed by atoms with E-state index in [1.54, 1.807) is 0 Å². The molecule has 0 aromatic heterocycles. The Kier molecular flexibility index (Phi) is 3.94. The number of hydrogen-bond donors (Lipinski definition) is 1. The largest absolute Gasteiger partial charge is 0.378 e. The quantitative estimate of drug-likeness (QED) is 0.667. The molecule has 0 unspecified atom stereocenters. The van der Waals surface area contributed by atoms with Gasteiger partial charge in [-0.3, -0.25) is 4.79 Å². The second kappa shape index (κ2) is 5.44. The van der Waals surface area contributed by atoms with Crippen LogP contribution in [0.25, 0.3) is 0 Å². The Labute approximate surface area is 89.7 Å². The van der Waals surface area contributed by atoms with Gasteiger partial charge in [-0.25, -0.2) is 0 Å². The van der Waals surface area contributed by atoms with Crippen molar-refractivity contribution in [3.05, 3.63) is 0 Å². The third-order valence-electron chi connectivity index (χ3n) is 2.77. The maximum Gasteiger partial charge on any atom is 0.224 e. The van der Waals surface area contributed by atoms with Crippen molar-refractivity contribution in [2.24, 2.45) is 0 Å². The molecular formula is C10H18N2O3. The van der Waals surface area contributed by atoms with Gasteiger partial charge in [0.15, 0.2) is 0 Å². The Hall–Kier alpha value is -0.650. The number of nitrogens with one attached hydrogen (secondary N) is 1. The highest BCUT2D eigenvalue weighted by molar-refractivity contribution is 5.76. The van der Waals surface area contributed by atoms with Crippen molar-refractivity contribution in [3.8, 4) is 0 Å². The van der Waals surface area contributed by atoms with E-state index in [-0.39, 0.29) is 5.91 Å². The summed E-state index contributed by atoms with van der Waals surface area (Å²) >= 11 is 0. The molecule has 0 saturated carbocycles. The summed E-state index contributed by atoms with van der Waals surface area (Å²) in [7, 11) is 0. The predicted octanol–water partition coefficient (Wildman–Crippen LogP) is -0.776. The molecule has 2 aliphatic rings. The lowest BCUT2D eigenvalue weighted by molar-refractivity contribution is -0.135. The van der Waals surface area contributed by atoms with Crippen LogP contribution in [0.4, 0.5) is 0 Å². The van der Waals surface area contributed by atoms with Crippen molar-refractivity contribution in [2.45, 2.75) is 12.5 Å². The lowest BCUT2D eigenvalue weighted by Crippen LogP contribution is -2.47. The van der Waals surface area contributed by atoms with Crippen molar-refractivity contribution in [2.75, 3.05) is 46.1 Å². The number of ether oxygens (including phenoxy) is 2. The summed E-state index contributed by atoms with van der Waals surface area (Å²) in [4.78, 5) is 13.6. The molecule has 86 valence electrons. The van der Waals surface area contributed by atoms with Gasteiger partial charge in [0.25, 0.3) is 0 Å². The number of hydrogen-bond acceptors (Lipinski definition) is 4. The van der Waals surface area contributed by atoms with E-state index in [0.717, 1.165) is 32.8 Å². The molecule has 0 radical (unpaired) electrons. The van der Waals surface area contributed by atoms with E-state index in [1.807, 2.05) is 4.90 Å². The van der Waals surface area contributed by atoms with Crippen LogP contribution in [0.5, 0.6) is 0 Å². The van der Waals surface area contributed by atoms with Gasteiger partial charge in [0, 0.05) is 26.1 Å². The zero-order chi connectivity index (χ0) is 10.5. The molecular weight excluding hydrogens is 196 g/mol. The van der Waals surface area contributed by atoms with E-state index in [0.29, 0.717) is 25.7 Å². The van der Waals surface area contributed by atoms with Gasteiger partial charge in [-0.2, -0.15) is 0 Å². The number of rotatable bonds is 4. The highest BCUT2D eigenvalue weighted by Gasteiger charge is 2.19. The molecule has 0 atom stereocenters. The van der Waals surface area contributed by atoms with Gasteiger partial charge in [0.1, 0.15) is 0 Å². The normalized spacial score (nSPS) is 22.5. The topological polar surface area (TPSA) is 50.8 Å². The highest BCUT2D eigenvalue weighted by atomic mass is 16.5. The molecule has 2 rings (SSSR count). The zero-order valence-electron chi connectivity index (χ0n) is 8.91. The standard InChI is InChI=1S/C10H18N2O3/c13-10(12-3-5-14-6-4-12)1-2-11-9-7-15-8-9/h9,11H,1-8H2. The first kappa shape index (κ1) is 10.9. The number of carbonyl (C=O) groups excluding carboxylic acids is 1. The summed E-state index contributed by atoms with van der Waals surface area (Å²) in [6.07, 6.45) is 0.580. The molecule has 0 bridgehead atoms. The lowest BCUT2D eigenvalue weighted by atomic mass is 10.2. The van der Waals surface area contributed by atoms with Crippen LogP contribution in [-0.4, -0.2) is 62.9 Å². The minimum Gasteiger partial charge on any atom is -0.378 e. The molecule has 2 aliphatic heterocycles. The van der Waals surface area contributed by atoms with Crippen LogP contribution in [-0.2, 0) is 14.3 Å². The van der Waals surface area contributed by atoms with Gasteiger partial charge in [-0.1, -0.05) is 0 Å². The first-order valence-corrected chi connectivity index (χ1v) is 5.53. The molecule has 2 fully saturated rings. The van der Waals surface area contributed by atoms with Crippen LogP contribution in [0.1, 0.15) is 6.42 Å². The molecule has 15 heavy (non-hydrogen) atoms. The number of amides is 1. The Morgan fingerprint density at radius 1 is 1.27 bits per heavy atom. The first-order chi connectivity index (χ1) is 7.36. The molecule has 5 nitrogen and oxygen atoms in total. The Bertz CT molecular complexity index is 213. The van der Waals surface area contributed by atoms with Crippen molar-refractivity contribution in [3.63, 3.8) is 0 Å². The van der Waals surface area contributed by atoms with Crippen molar-refractivity contribution in [1.29, 1.82) is 0 Å². The molecule has 0 aromatic carbocycles. The summed E-state index contributed by atoms with van der Waals surface area (Å²) in [6, 6.07) is 0.461. The van der Waals surface area contributed by atoms with E-state index >= 15 is 0 Å². The molecule has 1 amide bonds. The molecule has 2 saturated heterocycles. The average molecular weight is 214 g/mol. The van der Waals surface area contributed by atoms with Crippen LogP contribution >= 0.6 is 0 Å². The zero-order valence-corrected chi connectivity index (χ0v) is 8.91. The van der Waals surface area contributed by atoms with Crippen LogP contribution in [0, 0.1) is 0 Å². The maximum atomic E-state index is 11.7. The molecule has 0 aromatic rings. The minimum absolute atomic E-state index is 0.228. The Morgan fingerprint density at radius 3 is 2.60 bits per heavy atom. The second-order valence-corrected chi connectivity index (χ2v) is 3.93. The van der Waals surface area contributed by atoms with Crippen LogP contribution < -0.4 is 5.32 Å². The highest BCUT2D eigenvalue weighted by Crippen LogP contribution is 2.02. The molecule has 2 heterocycles. The lowest BCUT2D eigenvalue weighted by Gasteiger charge is -2.29. The fourth-order valence-corrected chi connectivity index (χ4v) is 1.71. The number of carbonyl (C=O) groups is 1. The van der Waals surface area contributed by atoms with Gasteiger partial charge in [-0.05, 0) is 0 Å². The summed E-state index contributed by atoms with van der Waals surface area (Å²) < 4.78 is 10.2. The SMILES string of the molecule is O=C(CCNC1COC1)N1CCOCC1. The van der Waals surface area contributed by atoms with Gasteiger partial charge >= 0.3 is 0 Å². The van der Waals surface area contributed by atoms with Gasteiger partial charge < -0.3 is 19.7 Å². The molecule has 1 N–H and O–H groups in total.